The van der Waals surface area contributed by atoms with Crippen LogP contribution in [-0.2, 0) is 0 Å². The summed E-state index contributed by atoms with van der Waals surface area (Å²) in [5.74, 6) is 0. The van der Waals surface area contributed by atoms with E-state index in [-0.39, 0.29) is 7.05 Å². The lowest BCUT2D eigenvalue weighted by atomic mass is 9.77. The summed E-state index contributed by atoms with van der Waals surface area (Å²) in [5.41, 5.74) is 0. The van der Waals surface area contributed by atoms with Gasteiger partial charge in [-0.3, -0.25) is 0 Å². The average Bonchev–Trinajstić information content (AvgIpc) is 1.78. The molecule has 0 saturated carbocycles. The Morgan fingerprint density at radius 3 is 2.90 bits per heavy atom. The molecule has 1 unspecified atom stereocenters. The second-order valence-corrected chi connectivity index (χ2v) is 2.84. The quantitative estimate of drug-likeness (QED) is 0.460. The first-order valence-electron chi connectivity index (χ1n) is 3.80. The normalized spacial score (nSPS) is 25.6. The fourth-order valence-electron chi connectivity index (χ4n) is 1.40. The van der Waals surface area contributed by atoms with Crippen LogP contribution in [-0.4, -0.2) is 29.5 Å². The van der Waals surface area contributed by atoms with E-state index in [9.17, 15) is 0 Å². The Morgan fingerprint density at radius 2 is 2.60 bits per heavy atom. The van der Waals surface area contributed by atoms with E-state index >= 15 is 0 Å². The summed E-state index contributed by atoms with van der Waals surface area (Å²) in [6.45, 7) is 6.52. The zero-order valence-corrected chi connectivity index (χ0v) is 6.45. The molecule has 0 radical (unpaired) electrons. The Bertz CT molecular complexity index is 127. The second-order valence-electron chi connectivity index (χ2n) is 2.84. The van der Waals surface area contributed by atoms with E-state index in [2.05, 4.69) is 11.4 Å². The van der Waals surface area contributed by atoms with E-state index in [1.807, 2.05) is 12.9 Å². The molecule has 2 nitrogen and oxygen atoms in total. The van der Waals surface area contributed by atoms with Crippen LogP contribution in [0, 0.1) is 0 Å². The maximum Gasteiger partial charge on any atom is 0.376 e. The van der Waals surface area contributed by atoms with E-state index in [1.54, 1.807) is 0 Å². The van der Waals surface area contributed by atoms with E-state index in [4.69, 9.17) is 5.02 Å². The molecule has 3 heteroatoms. The van der Waals surface area contributed by atoms with Crippen LogP contribution in [0.25, 0.3) is 0 Å². The van der Waals surface area contributed by atoms with Crippen LogP contribution < -0.4 is 0 Å². The highest BCUT2D eigenvalue weighted by atomic mass is 16.2. The highest BCUT2D eigenvalue weighted by Gasteiger charge is 2.31. The first-order chi connectivity index (χ1) is 4.75. The molecule has 0 aromatic heterocycles. The van der Waals surface area contributed by atoms with Gasteiger partial charge in [-0.15, -0.1) is 6.58 Å². The molecule has 56 valence electrons. The van der Waals surface area contributed by atoms with E-state index in [1.165, 1.54) is 6.42 Å². The van der Waals surface area contributed by atoms with Crippen molar-refractivity contribution in [1.29, 1.82) is 0 Å². The topological polar surface area (TPSA) is 23.5 Å². The minimum Gasteiger partial charge on any atom is -0.437 e. The van der Waals surface area contributed by atoms with Gasteiger partial charge in [0.15, 0.2) is 0 Å². The van der Waals surface area contributed by atoms with Crippen molar-refractivity contribution in [2.24, 2.45) is 0 Å². The summed E-state index contributed by atoms with van der Waals surface area (Å²) < 4.78 is 0. The molecule has 0 aromatic rings. The largest absolute Gasteiger partial charge is 0.437 e. The van der Waals surface area contributed by atoms with Crippen LogP contribution in [0.1, 0.15) is 12.8 Å². The van der Waals surface area contributed by atoms with Gasteiger partial charge in [0.2, 0.25) is 0 Å². The SMILES string of the molecule is C=CCC1CCN1B(C)O. The van der Waals surface area contributed by atoms with Crippen molar-refractivity contribution < 1.29 is 5.02 Å². The fourth-order valence-corrected chi connectivity index (χ4v) is 1.40. The molecule has 10 heavy (non-hydrogen) atoms. The molecule has 1 aliphatic rings. The molecular formula is C7H14BNO. The van der Waals surface area contributed by atoms with Gasteiger partial charge < -0.3 is 9.83 Å². The van der Waals surface area contributed by atoms with Gasteiger partial charge in [0.1, 0.15) is 0 Å². The van der Waals surface area contributed by atoms with E-state index < -0.39 is 0 Å². The first kappa shape index (κ1) is 7.83. The Morgan fingerprint density at radius 1 is 1.90 bits per heavy atom. The third-order valence-corrected chi connectivity index (χ3v) is 2.11. The number of hydrogen-bond donors (Lipinski definition) is 1. The number of rotatable bonds is 3. The minimum absolute atomic E-state index is 0.279. The van der Waals surface area contributed by atoms with Crippen LogP contribution in [0.15, 0.2) is 12.7 Å². The van der Waals surface area contributed by atoms with Gasteiger partial charge in [0.05, 0.1) is 0 Å². The van der Waals surface area contributed by atoms with Crippen molar-refractivity contribution in [3.8, 4) is 0 Å². The molecule has 0 bridgehead atoms. The van der Waals surface area contributed by atoms with Gasteiger partial charge in [0, 0.05) is 6.04 Å². The van der Waals surface area contributed by atoms with Gasteiger partial charge in [-0.2, -0.15) is 0 Å². The van der Waals surface area contributed by atoms with Crippen molar-refractivity contribution in [1.82, 2.24) is 4.81 Å². The molecule has 0 aromatic carbocycles. The summed E-state index contributed by atoms with van der Waals surface area (Å²) in [4.78, 5) is 2.08. The summed E-state index contributed by atoms with van der Waals surface area (Å²) >= 11 is 0. The lowest BCUT2D eigenvalue weighted by Crippen LogP contribution is -2.54. The molecule has 1 saturated heterocycles. The molecular weight excluding hydrogens is 125 g/mol. The Balaban J connectivity index is 2.28. The summed E-state index contributed by atoms with van der Waals surface area (Å²) in [6.07, 6.45) is 4.13. The van der Waals surface area contributed by atoms with Crippen LogP contribution in [0.2, 0.25) is 6.82 Å². The third-order valence-electron chi connectivity index (χ3n) is 2.11. The van der Waals surface area contributed by atoms with Crippen molar-refractivity contribution in [3.05, 3.63) is 12.7 Å². The zero-order chi connectivity index (χ0) is 7.56. The predicted octanol–water partition coefficient (Wildman–Crippen LogP) is 0.747. The molecule has 1 rings (SSSR count). The maximum atomic E-state index is 9.16. The standard InChI is InChI=1S/C7H14BNO/c1-3-4-7-5-6-9(7)8(2)10/h3,7,10H,1,4-6H2,2H3. The van der Waals surface area contributed by atoms with Crippen LogP contribution in [0.4, 0.5) is 0 Å². The summed E-state index contributed by atoms with van der Waals surface area (Å²) in [6, 6.07) is 0.553. The molecule has 0 aliphatic carbocycles. The summed E-state index contributed by atoms with van der Waals surface area (Å²) in [7, 11) is -0.279. The monoisotopic (exact) mass is 139 g/mol. The van der Waals surface area contributed by atoms with Gasteiger partial charge in [-0.25, -0.2) is 0 Å². The fraction of sp³-hybridized carbons (Fsp3) is 0.714. The van der Waals surface area contributed by atoms with Gasteiger partial charge in [-0.1, -0.05) is 6.08 Å². The van der Waals surface area contributed by atoms with Crippen molar-refractivity contribution >= 4 is 7.05 Å². The number of nitrogens with zero attached hydrogens (tertiary/aromatic N) is 1. The van der Waals surface area contributed by atoms with E-state index in [0.717, 1.165) is 13.0 Å². The van der Waals surface area contributed by atoms with Crippen molar-refractivity contribution in [3.63, 3.8) is 0 Å². The molecule has 1 N–H and O–H groups in total. The molecule has 1 aliphatic heterocycles. The highest BCUT2D eigenvalue weighted by Crippen LogP contribution is 2.20. The second kappa shape index (κ2) is 3.22. The first-order valence-corrected chi connectivity index (χ1v) is 3.80. The van der Waals surface area contributed by atoms with Crippen molar-refractivity contribution in [2.45, 2.75) is 25.7 Å². The third kappa shape index (κ3) is 1.41. The van der Waals surface area contributed by atoms with Crippen molar-refractivity contribution in [2.75, 3.05) is 6.54 Å². The molecule has 0 spiro atoms. The lowest BCUT2D eigenvalue weighted by Gasteiger charge is -2.41. The van der Waals surface area contributed by atoms with Crippen LogP contribution in [0.5, 0.6) is 0 Å². The number of hydrogen-bond acceptors (Lipinski definition) is 2. The van der Waals surface area contributed by atoms with Gasteiger partial charge >= 0.3 is 7.05 Å². The Hall–Kier alpha value is -0.275. The van der Waals surface area contributed by atoms with Gasteiger partial charge in [0.25, 0.3) is 0 Å². The predicted molar refractivity (Wildman–Crippen MR) is 43.8 cm³/mol. The van der Waals surface area contributed by atoms with E-state index in [0.29, 0.717) is 6.04 Å². The minimum atomic E-state index is -0.279. The smallest absolute Gasteiger partial charge is 0.376 e. The highest BCUT2D eigenvalue weighted by molar-refractivity contribution is 6.45. The average molecular weight is 139 g/mol. The maximum absolute atomic E-state index is 9.16. The van der Waals surface area contributed by atoms with Crippen LogP contribution >= 0.6 is 0 Å². The Kier molecular flexibility index (Phi) is 2.52. The Labute approximate surface area is 62.7 Å². The molecule has 1 heterocycles. The molecule has 1 atom stereocenters. The summed E-state index contributed by atoms with van der Waals surface area (Å²) in [5, 5.41) is 9.16. The van der Waals surface area contributed by atoms with Crippen LogP contribution in [0.3, 0.4) is 0 Å². The lowest BCUT2D eigenvalue weighted by molar-refractivity contribution is 0.173. The molecule has 0 amide bonds. The molecule has 1 fully saturated rings. The zero-order valence-electron chi connectivity index (χ0n) is 6.45. The van der Waals surface area contributed by atoms with Gasteiger partial charge in [-0.05, 0) is 26.2 Å².